The van der Waals surface area contributed by atoms with E-state index in [9.17, 15) is 18.0 Å². The number of halogens is 1. The molecule has 2 amide bonds. The van der Waals surface area contributed by atoms with E-state index >= 15 is 0 Å². The maximum absolute atomic E-state index is 12.8. The van der Waals surface area contributed by atoms with Crippen LogP contribution in [0.15, 0.2) is 28.8 Å². The third kappa shape index (κ3) is 3.77. The lowest BCUT2D eigenvalue weighted by Crippen LogP contribution is -2.68. The van der Waals surface area contributed by atoms with E-state index in [-0.39, 0.29) is 0 Å². The molecule has 0 saturated carbocycles. The number of benzene rings is 1. The molecule has 1 fully saturated rings. The third-order valence-electron chi connectivity index (χ3n) is 4.89. The Kier molecular flexibility index (Phi) is 5.24. The summed E-state index contributed by atoms with van der Waals surface area (Å²) in [4.78, 5) is 26.9. The maximum atomic E-state index is 12.8. The van der Waals surface area contributed by atoms with E-state index in [1.807, 2.05) is 0 Å². The fourth-order valence-electron chi connectivity index (χ4n) is 3.18. The molecular weight excluding hydrogens is 406 g/mol. The van der Waals surface area contributed by atoms with E-state index in [1.165, 1.54) is 17.9 Å². The molecule has 3 rings (SSSR count). The van der Waals surface area contributed by atoms with E-state index in [0.29, 0.717) is 40.6 Å². The summed E-state index contributed by atoms with van der Waals surface area (Å²) >= 11 is 5.87. The molecule has 2 heterocycles. The van der Waals surface area contributed by atoms with Crippen LogP contribution in [0.1, 0.15) is 40.7 Å². The molecule has 1 saturated heterocycles. The van der Waals surface area contributed by atoms with E-state index in [1.54, 1.807) is 32.0 Å². The van der Waals surface area contributed by atoms with Crippen molar-refractivity contribution in [2.24, 2.45) is 0 Å². The van der Waals surface area contributed by atoms with Gasteiger partial charge in [0.1, 0.15) is 16.9 Å². The minimum Gasteiger partial charge on any atom is -0.361 e. The Morgan fingerprint density at radius 3 is 2.61 bits per heavy atom. The first kappa shape index (κ1) is 20.3. The topological polar surface area (TPSA) is 110 Å². The number of hydrogen-bond acceptors (Lipinski definition) is 6. The largest absolute Gasteiger partial charge is 0.361 e. The first-order chi connectivity index (χ1) is 13.0. The van der Waals surface area contributed by atoms with Crippen LogP contribution in [0.5, 0.6) is 0 Å². The Morgan fingerprint density at radius 2 is 2.07 bits per heavy atom. The van der Waals surface area contributed by atoms with Crippen LogP contribution < -0.4 is 4.72 Å². The van der Waals surface area contributed by atoms with E-state index in [2.05, 4.69) is 9.88 Å². The van der Waals surface area contributed by atoms with Crippen molar-refractivity contribution < 1.29 is 22.5 Å². The number of amides is 2. The molecular formula is C18H20ClN3O5S. The molecule has 10 heteroatoms. The monoisotopic (exact) mass is 425 g/mol. The van der Waals surface area contributed by atoms with Gasteiger partial charge in [-0.2, -0.15) is 0 Å². The standard InChI is InChI=1S/C18H20ClN3O5S/c1-11-15(12(2)27-20-11)16(23)22-8-7-18(22,3)17(24)21-28(25,26)10-13-5-4-6-14(19)9-13/h4-6,9H,7-8,10H2,1-3H3,(H,21,24). The van der Waals surface area contributed by atoms with Crippen molar-refractivity contribution in [3.63, 3.8) is 0 Å². The van der Waals surface area contributed by atoms with Crippen LogP contribution >= 0.6 is 11.6 Å². The summed E-state index contributed by atoms with van der Waals surface area (Å²) in [5.74, 6) is -1.20. The van der Waals surface area contributed by atoms with Crippen molar-refractivity contribution >= 4 is 33.4 Å². The van der Waals surface area contributed by atoms with Crippen molar-refractivity contribution in [1.29, 1.82) is 0 Å². The molecule has 2 aromatic rings. The van der Waals surface area contributed by atoms with Crippen LogP contribution in [-0.4, -0.2) is 42.4 Å². The highest BCUT2D eigenvalue weighted by Crippen LogP contribution is 2.33. The number of carbonyl (C=O) groups excluding carboxylic acids is 2. The van der Waals surface area contributed by atoms with Gasteiger partial charge in [-0.05, 0) is 44.9 Å². The molecule has 8 nitrogen and oxygen atoms in total. The number of aryl methyl sites for hydroxylation is 2. The molecule has 0 bridgehead atoms. The van der Waals surface area contributed by atoms with E-state index in [0.717, 1.165) is 0 Å². The summed E-state index contributed by atoms with van der Waals surface area (Å²) in [5.41, 5.74) is -0.101. The number of nitrogens with one attached hydrogen (secondary N) is 1. The zero-order valence-electron chi connectivity index (χ0n) is 15.7. The average molecular weight is 426 g/mol. The molecule has 0 spiro atoms. The van der Waals surface area contributed by atoms with Gasteiger partial charge in [0.15, 0.2) is 0 Å². The number of hydrogen-bond donors (Lipinski definition) is 1. The van der Waals surface area contributed by atoms with Gasteiger partial charge in [0.25, 0.3) is 11.8 Å². The van der Waals surface area contributed by atoms with Gasteiger partial charge in [-0.1, -0.05) is 28.9 Å². The fourth-order valence-corrected chi connectivity index (χ4v) is 4.58. The molecule has 0 radical (unpaired) electrons. The van der Waals surface area contributed by atoms with Gasteiger partial charge in [0.2, 0.25) is 10.0 Å². The highest BCUT2D eigenvalue weighted by Gasteiger charge is 2.51. The third-order valence-corrected chi connectivity index (χ3v) is 6.34. The highest BCUT2D eigenvalue weighted by molar-refractivity contribution is 7.89. The Balaban J connectivity index is 1.75. The summed E-state index contributed by atoms with van der Waals surface area (Å²) < 4.78 is 31.9. The normalized spacial score (nSPS) is 19.2. The molecule has 1 aromatic carbocycles. The predicted molar refractivity (Wildman–Crippen MR) is 102 cm³/mol. The first-order valence-electron chi connectivity index (χ1n) is 8.58. The van der Waals surface area contributed by atoms with E-state index < -0.39 is 33.1 Å². The quantitative estimate of drug-likeness (QED) is 0.786. The molecule has 1 aliphatic heterocycles. The minimum atomic E-state index is -3.96. The van der Waals surface area contributed by atoms with Crippen LogP contribution in [0.2, 0.25) is 5.02 Å². The molecule has 150 valence electrons. The average Bonchev–Trinajstić information content (AvgIpc) is 2.90. The summed E-state index contributed by atoms with van der Waals surface area (Å²) in [6, 6.07) is 6.38. The van der Waals surface area contributed by atoms with Gasteiger partial charge >= 0.3 is 0 Å². The van der Waals surface area contributed by atoms with Crippen molar-refractivity contribution in [1.82, 2.24) is 14.8 Å². The molecule has 0 aliphatic carbocycles. The summed E-state index contributed by atoms with van der Waals surface area (Å²) in [6.45, 7) is 5.12. The summed E-state index contributed by atoms with van der Waals surface area (Å²) in [7, 11) is -3.96. The summed E-state index contributed by atoms with van der Waals surface area (Å²) in [6.07, 6.45) is 0.348. The second-order valence-corrected chi connectivity index (χ2v) is 9.16. The van der Waals surface area contributed by atoms with Gasteiger partial charge in [-0.15, -0.1) is 0 Å². The minimum absolute atomic E-state index is 0.292. The van der Waals surface area contributed by atoms with Crippen molar-refractivity contribution in [2.45, 2.75) is 38.5 Å². The number of likely N-dealkylation sites (tertiary alicyclic amines) is 1. The van der Waals surface area contributed by atoms with Gasteiger partial charge in [-0.25, -0.2) is 8.42 Å². The number of sulfonamides is 1. The molecule has 28 heavy (non-hydrogen) atoms. The second-order valence-electron chi connectivity index (χ2n) is 7.00. The molecule has 1 atom stereocenters. The Morgan fingerprint density at radius 1 is 1.36 bits per heavy atom. The maximum Gasteiger partial charge on any atom is 0.260 e. The van der Waals surface area contributed by atoms with Crippen LogP contribution in [-0.2, 0) is 20.6 Å². The number of aromatic nitrogens is 1. The number of rotatable bonds is 5. The highest BCUT2D eigenvalue weighted by atomic mass is 35.5. The lowest BCUT2D eigenvalue weighted by Gasteiger charge is -2.48. The Bertz CT molecular complexity index is 1030. The predicted octanol–water partition coefficient (Wildman–Crippen LogP) is 2.20. The lowest BCUT2D eigenvalue weighted by atomic mass is 9.85. The van der Waals surface area contributed by atoms with Gasteiger partial charge in [0, 0.05) is 11.6 Å². The molecule has 1 unspecified atom stereocenters. The van der Waals surface area contributed by atoms with Crippen LogP contribution in [0.3, 0.4) is 0 Å². The van der Waals surface area contributed by atoms with Crippen molar-refractivity contribution in [3.05, 3.63) is 51.9 Å². The van der Waals surface area contributed by atoms with Crippen LogP contribution in [0.4, 0.5) is 0 Å². The second kappa shape index (κ2) is 7.21. The van der Waals surface area contributed by atoms with Crippen molar-refractivity contribution in [2.75, 3.05) is 6.54 Å². The first-order valence-corrected chi connectivity index (χ1v) is 10.6. The number of carbonyl (C=O) groups is 2. The Hall–Kier alpha value is -2.39. The van der Waals surface area contributed by atoms with Gasteiger partial charge in [-0.3, -0.25) is 14.3 Å². The lowest BCUT2D eigenvalue weighted by molar-refractivity contribution is -0.135. The number of nitrogens with zero attached hydrogens (tertiary/aromatic N) is 2. The molecule has 1 aromatic heterocycles. The van der Waals surface area contributed by atoms with Crippen LogP contribution in [0, 0.1) is 13.8 Å². The van der Waals surface area contributed by atoms with Crippen LogP contribution in [0.25, 0.3) is 0 Å². The smallest absolute Gasteiger partial charge is 0.260 e. The SMILES string of the molecule is Cc1noc(C)c1C(=O)N1CCC1(C)C(=O)NS(=O)(=O)Cc1cccc(Cl)c1. The zero-order chi connectivity index (χ0) is 20.7. The zero-order valence-corrected chi connectivity index (χ0v) is 17.2. The van der Waals surface area contributed by atoms with E-state index in [4.69, 9.17) is 16.1 Å². The molecule has 1 N–H and O–H groups in total. The van der Waals surface area contributed by atoms with Gasteiger partial charge < -0.3 is 9.42 Å². The van der Waals surface area contributed by atoms with Crippen molar-refractivity contribution in [3.8, 4) is 0 Å². The van der Waals surface area contributed by atoms with Gasteiger partial charge in [0.05, 0.1) is 11.4 Å². The summed E-state index contributed by atoms with van der Waals surface area (Å²) in [5, 5.41) is 4.16. The Labute approximate surface area is 167 Å². The molecule has 1 aliphatic rings. The fraction of sp³-hybridized carbons (Fsp3) is 0.389.